The molecule has 0 aromatic rings. The summed E-state index contributed by atoms with van der Waals surface area (Å²) in [7, 11) is 1.90. The van der Waals surface area contributed by atoms with E-state index >= 15 is 0 Å². The fourth-order valence-electron chi connectivity index (χ4n) is 3.55. The zero-order valence-electron chi connectivity index (χ0n) is 18.2. The van der Waals surface area contributed by atoms with Crippen LogP contribution in [0.4, 0.5) is 8.78 Å². The Morgan fingerprint density at radius 1 is 1.39 bits per heavy atom. The number of Topliss-reactive ketones (excluding diaryl/α,β-unsaturated/α-hetero) is 1. The maximum Gasteiger partial charge on any atom is 0.268 e. The van der Waals surface area contributed by atoms with E-state index in [1.165, 1.54) is 0 Å². The zero-order chi connectivity index (χ0) is 22.6. The molecule has 0 saturated carbocycles. The SMILES string of the molecule is CC1=C(OCCOCC(C)(F)F)N(C)CC(CN=CC2=C(N)/C=C\N3CC3C(=O)C2)=C1. The van der Waals surface area contributed by atoms with Gasteiger partial charge in [0.15, 0.2) is 11.7 Å². The fraction of sp³-hybridized carbons (Fsp3) is 0.545. The summed E-state index contributed by atoms with van der Waals surface area (Å²) in [5, 5.41) is 0. The first-order chi connectivity index (χ1) is 14.6. The lowest BCUT2D eigenvalue weighted by Gasteiger charge is -2.29. The molecule has 1 fully saturated rings. The van der Waals surface area contributed by atoms with Crippen LogP contribution in [0.3, 0.4) is 0 Å². The van der Waals surface area contributed by atoms with E-state index in [-0.39, 0.29) is 25.0 Å². The first-order valence-corrected chi connectivity index (χ1v) is 10.3. The Labute approximate surface area is 181 Å². The summed E-state index contributed by atoms with van der Waals surface area (Å²) in [4.78, 5) is 20.6. The zero-order valence-corrected chi connectivity index (χ0v) is 18.2. The topological polar surface area (TPSA) is 80.2 Å². The van der Waals surface area contributed by atoms with Gasteiger partial charge in [-0.15, -0.1) is 0 Å². The Balaban J connectivity index is 1.53. The fourth-order valence-corrected chi connectivity index (χ4v) is 3.55. The molecular weight excluding hydrogens is 406 g/mol. The van der Waals surface area contributed by atoms with Gasteiger partial charge in [-0.25, -0.2) is 8.78 Å². The van der Waals surface area contributed by atoms with Crippen LogP contribution >= 0.6 is 0 Å². The van der Waals surface area contributed by atoms with Crippen molar-refractivity contribution in [2.45, 2.75) is 32.2 Å². The molecule has 0 aromatic carbocycles. The third-order valence-corrected chi connectivity index (χ3v) is 5.11. The van der Waals surface area contributed by atoms with E-state index in [1.54, 1.807) is 6.21 Å². The number of carbonyl (C=O) groups is 1. The van der Waals surface area contributed by atoms with Gasteiger partial charge in [-0.3, -0.25) is 9.79 Å². The number of aliphatic imine (C=N–C) groups is 1. The number of ketones is 1. The van der Waals surface area contributed by atoms with E-state index in [0.717, 1.165) is 30.2 Å². The van der Waals surface area contributed by atoms with Gasteiger partial charge in [0.05, 0.1) is 13.2 Å². The molecular formula is C22H30F2N4O3. The monoisotopic (exact) mass is 436 g/mol. The van der Waals surface area contributed by atoms with Crippen LogP contribution in [-0.4, -0.2) is 80.3 Å². The number of fused-ring (bicyclic) bond motifs is 1. The second-order valence-electron chi connectivity index (χ2n) is 8.24. The summed E-state index contributed by atoms with van der Waals surface area (Å²) in [6, 6.07) is -0.0162. The summed E-state index contributed by atoms with van der Waals surface area (Å²) in [5.74, 6) is -1.98. The van der Waals surface area contributed by atoms with Gasteiger partial charge in [0.2, 0.25) is 0 Å². The molecule has 0 amide bonds. The van der Waals surface area contributed by atoms with Crippen molar-refractivity contribution in [1.82, 2.24) is 9.80 Å². The molecule has 7 nitrogen and oxygen atoms in total. The number of ether oxygens (including phenoxy) is 2. The van der Waals surface area contributed by atoms with Crippen molar-refractivity contribution in [2.75, 3.05) is 46.5 Å². The van der Waals surface area contributed by atoms with Crippen LogP contribution in [0.1, 0.15) is 20.3 Å². The summed E-state index contributed by atoms with van der Waals surface area (Å²) < 4.78 is 36.2. The number of allylic oxidation sites excluding steroid dienone is 4. The van der Waals surface area contributed by atoms with E-state index in [0.29, 0.717) is 31.1 Å². The Morgan fingerprint density at radius 3 is 2.87 bits per heavy atom. The van der Waals surface area contributed by atoms with E-state index in [4.69, 9.17) is 15.2 Å². The van der Waals surface area contributed by atoms with Gasteiger partial charge < -0.3 is 25.0 Å². The minimum Gasteiger partial charge on any atom is -0.476 e. The molecule has 31 heavy (non-hydrogen) atoms. The minimum absolute atomic E-state index is 0.0162. The molecule has 0 bridgehead atoms. The molecule has 0 spiro atoms. The second-order valence-corrected chi connectivity index (χ2v) is 8.24. The molecule has 3 aliphatic rings. The van der Waals surface area contributed by atoms with Gasteiger partial charge in [-0.1, -0.05) is 6.08 Å². The number of halogens is 2. The molecule has 0 aliphatic carbocycles. The number of likely N-dealkylation sites (N-methyl/N-ethyl adjacent to an activating group) is 1. The number of hydrogen-bond donors (Lipinski definition) is 1. The minimum atomic E-state index is -2.84. The van der Waals surface area contributed by atoms with Crippen molar-refractivity contribution in [3.8, 4) is 0 Å². The first-order valence-electron chi connectivity index (χ1n) is 10.3. The number of carbonyl (C=O) groups excluding carboxylic acids is 1. The normalized spacial score (nSPS) is 23.1. The molecule has 1 atom stereocenters. The van der Waals surface area contributed by atoms with Gasteiger partial charge >= 0.3 is 0 Å². The molecule has 1 unspecified atom stereocenters. The lowest BCUT2D eigenvalue weighted by atomic mass is 10.0. The molecule has 170 valence electrons. The van der Waals surface area contributed by atoms with Crippen LogP contribution in [0.25, 0.3) is 0 Å². The molecule has 1 saturated heterocycles. The van der Waals surface area contributed by atoms with Crippen LogP contribution in [0.2, 0.25) is 0 Å². The maximum atomic E-state index is 12.8. The molecule has 3 rings (SSSR count). The van der Waals surface area contributed by atoms with Crippen LogP contribution < -0.4 is 5.73 Å². The van der Waals surface area contributed by atoms with Crippen LogP contribution in [0.15, 0.2) is 51.6 Å². The highest BCUT2D eigenvalue weighted by atomic mass is 19.3. The largest absolute Gasteiger partial charge is 0.476 e. The van der Waals surface area contributed by atoms with Gasteiger partial charge in [0.25, 0.3) is 5.92 Å². The second kappa shape index (κ2) is 9.64. The van der Waals surface area contributed by atoms with Crippen molar-refractivity contribution in [3.63, 3.8) is 0 Å². The van der Waals surface area contributed by atoms with Crippen molar-refractivity contribution in [2.24, 2.45) is 10.7 Å². The Hall–Kier alpha value is -2.68. The number of alkyl halides is 2. The average molecular weight is 437 g/mol. The summed E-state index contributed by atoms with van der Waals surface area (Å²) >= 11 is 0. The van der Waals surface area contributed by atoms with Gasteiger partial charge in [-0.05, 0) is 18.6 Å². The van der Waals surface area contributed by atoms with Crippen molar-refractivity contribution >= 4 is 12.0 Å². The van der Waals surface area contributed by atoms with E-state index in [2.05, 4.69) is 4.99 Å². The first kappa shape index (κ1) is 23.0. The quantitative estimate of drug-likeness (QED) is 0.339. The molecule has 3 heterocycles. The van der Waals surface area contributed by atoms with Crippen molar-refractivity contribution < 1.29 is 23.0 Å². The summed E-state index contributed by atoms with van der Waals surface area (Å²) in [5.41, 5.74) is 9.41. The lowest BCUT2D eigenvalue weighted by molar-refractivity contribution is -0.118. The Bertz CT molecular complexity index is 855. The van der Waals surface area contributed by atoms with Gasteiger partial charge in [-0.2, -0.15) is 0 Å². The molecule has 0 radical (unpaired) electrons. The van der Waals surface area contributed by atoms with Crippen molar-refractivity contribution in [3.05, 3.63) is 46.7 Å². The highest BCUT2D eigenvalue weighted by Crippen LogP contribution is 2.25. The van der Waals surface area contributed by atoms with Gasteiger partial charge in [0.1, 0.15) is 19.3 Å². The predicted molar refractivity (Wildman–Crippen MR) is 115 cm³/mol. The molecule has 3 aliphatic heterocycles. The van der Waals surface area contributed by atoms with Gasteiger partial charge in [0, 0.05) is 62.7 Å². The molecule has 0 aromatic heterocycles. The van der Waals surface area contributed by atoms with E-state index in [9.17, 15) is 13.6 Å². The highest BCUT2D eigenvalue weighted by molar-refractivity contribution is 5.96. The van der Waals surface area contributed by atoms with E-state index < -0.39 is 12.5 Å². The van der Waals surface area contributed by atoms with E-state index in [1.807, 2.05) is 42.1 Å². The van der Waals surface area contributed by atoms with Crippen LogP contribution in [0, 0.1) is 0 Å². The standard InChI is InChI=1S/C22H30F2N4O3/c1-15-8-16(12-27(3)21(15)31-7-6-30-14-22(2,23)24)10-26-11-17-9-20(29)19-13-28(19)5-4-18(17)25/h4-5,8,11,19H,6-7,9-10,12-14,25H2,1-3H3/b5-4-,18-17?,26-11?. The Morgan fingerprint density at radius 2 is 2.16 bits per heavy atom. The number of hydrogen-bond acceptors (Lipinski definition) is 7. The average Bonchev–Trinajstić information content (AvgIpc) is 3.44. The van der Waals surface area contributed by atoms with Crippen molar-refractivity contribution in [1.29, 1.82) is 0 Å². The van der Waals surface area contributed by atoms with Crippen LogP contribution in [0.5, 0.6) is 0 Å². The third-order valence-electron chi connectivity index (χ3n) is 5.11. The highest BCUT2D eigenvalue weighted by Gasteiger charge is 2.38. The molecule has 9 heteroatoms. The van der Waals surface area contributed by atoms with Crippen LogP contribution in [-0.2, 0) is 14.3 Å². The third kappa shape index (κ3) is 6.65. The summed E-state index contributed by atoms with van der Waals surface area (Å²) in [6.45, 7) is 4.29. The smallest absolute Gasteiger partial charge is 0.268 e. The predicted octanol–water partition coefficient (Wildman–Crippen LogP) is 2.23. The maximum absolute atomic E-state index is 12.8. The number of nitrogens with two attached hydrogens (primary N) is 1. The number of rotatable bonds is 9. The molecule has 2 N–H and O–H groups in total. The Kier molecular flexibility index (Phi) is 7.15. The summed E-state index contributed by atoms with van der Waals surface area (Å²) in [6.07, 6.45) is 7.68. The number of nitrogens with zero attached hydrogens (tertiary/aromatic N) is 3. The lowest BCUT2D eigenvalue weighted by Crippen LogP contribution is -2.28.